The standard InChI is InChI=1S/C28H33O2S/c1-27(2,3)21-10-16-24(17-11-21)31(23-14-8-20(9-15-23)26(29)30-7)25-18-12-22(13-19-25)28(4,5)6/h8-19H,1-7H3/q+1. The van der Waals surface area contributed by atoms with Gasteiger partial charge < -0.3 is 4.74 Å². The lowest BCUT2D eigenvalue weighted by Crippen LogP contribution is -2.13. The van der Waals surface area contributed by atoms with Gasteiger partial charge in [-0.15, -0.1) is 0 Å². The highest BCUT2D eigenvalue weighted by Gasteiger charge is 2.30. The van der Waals surface area contributed by atoms with Gasteiger partial charge in [0.2, 0.25) is 0 Å². The first-order valence-electron chi connectivity index (χ1n) is 10.6. The third-order valence-electron chi connectivity index (χ3n) is 5.42. The van der Waals surface area contributed by atoms with Crippen LogP contribution < -0.4 is 0 Å². The van der Waals surface area contributed by atoms with E-state index in [0.717, 1.165) is 0 Å². The van der Waals surface area contributed by atoms with E-state index in [1.807, 2.05) is 24.3 Å². The predicted molar refractivity (Wildman–Crippen MR) is 130 cm³/mol. The van der Waals surface area contributed by atoms with Gasteiger partial charge in [-0.25, -0.2) is 4.79 Å². The fraction of sp³-hybridized carbons (Fsp3) is 0.321. The summed E-state index contributed by atoms with van der Waals surface area (Å²) in [5.74, 6) is -0.310. The molecular weight excluding hydrogens is 400 g/mol. The second-order valence-corrected chi connectivity index (χ2v) is 11.9. The predicted octanol–water partition coefficient (Wildman–Crippen LogP) is 7.16. The average Bonchev–Trinajstić information content (AvgIpc) is 2.73. The van der Waals surface area contributed by atoms with Gasteiger partial charge in [-0.3, -0.25) is 0 Å². The van der Waals surface area contributed by atoms with E-state index < -0.39 is 0 Å². The molecule has 3 heteroatoms. The molecule has 3 aromatic carbocycles. The van der Waals surface area contributed by atoms with Crippen LogP contribution in [0.3, 0.4) is 0 Å². The number of hydrogen-bond acceptors (Lipinski definition) is 2. The van der Waals surface area contributed by atoms with Crippen molar-refractivity contribution in [2.75, 3.05) is 7.11 Å². The first-order valence-corrected chi connectivity index (χ1v) is 11.9. The van der Waals surface area contributed by atoms with E-state index in [2.05, 4.69) is 90.1 Å². The zero-order valence-corrected chi connectivity index (χ0v) is 20.5. The van der Waals surface area contributed by atoms with E-state index in [1.165, 1.54) is 32.9 Å². The lowest BCUT2D eigenvalue weighted by molar-refractivity contribution is 0.0600. The maximum atomic E-state index is 11.9. The highest BCUT2D eigenvalue weighted by molar-refractivity contribution is 7.97. The van der Waals surface area contributed by atoms with Crippen LogP contribution in [0.25, 0.3) is 0 Å². The molecule has 0 amide bonds. The molecule has 3 aromatic rings. The summed E-state index contributed by atoms with van der Waals surface area (Å²) < 4.78 is 4.86. The first kappa shape index (κ1) is 23.1. The van der Waals surface area contributed by atoms with E-state index in [4.69, 9.17) is 4.74 Å². The second kappa shape index (κ2) is 8.92. The molecule has 0 aliphatic rings. The van der Waals surface area contributed by atoms with Gasteiger partial charge in [0.15, 0.2) is 14.7 Å². The van der Waals surface area contributed by atoms with E-state index in [0.29, 0.717) is 5.56 Å². The number of hydrogen-bond donors (Lipinski definition) is 0. The van der Waals surface area contributed by atoms with Crippen LogP contribution >= 0.6 is 0 Å². The molecular formula is C28H33O2S+. The number of ether oxygens (including phenoxy) is 1. The molecule has 0 N–H and O–H groups in total. The lowest BCUT2D eigenvalue weighted by atomic mass is 9.87. The summed E-state index contributed by atoms with van der Waals surface area (Å²) in [6.45, 7) is 13.4. The normalized spacial score (nSPS) is 12.1. The van der Waals surface area contributed by atoms with Crippen molar-refractivity contribution in [1.29, 1.82) is 0 Å². The van der Waals surface area contributed by atoms with E-state index in [1.54, 1.807) is 0 Å². The smallest absolute Gasteiger partial charge is 0.337 e. The van der Waals surface area contributed by atoms with Crippen LogP contribution in [-0.4, -0.2) is 13.1 Å². The van der Waals surface area contributed by atoms with Crippen LogP contribution in [0.1, 0.15) is 63.0 Å². The first-order chi connectivity index (χ1) is 14.5. The number of carbonyl (C=O) groups is 1. The molecule has 0 bridgehead atoms. The van der Waals surface area contributed by atoms with Crippen molar-refractivity contribution in [1.82, 2.24) is 0 Å². The fourth-order valence-electron chi connectivity index (χ4n) is 3.44. The zero-order valence-electron chi connectivity index (χ0n) is 19.7. The molecule has 3 rings (SSSR count). The summed E-state index contributed by atoms with van der Waals surface area (Å²) in [6, 6.07) is 25.7. The van der Waals surface area contributed by atoms with E-state index in [-0.39, 0.29) is 27.7 Å². The third-order valence-corrected chi connectivity index (χ3v) is 7.65. The molecule has 31 heavy (non-hydrogen) atoms. The number of benzene rings is 3. The van der Waals surface area contributed by atoms with Crippen molar-refractivity contribution in [3.05, 3.63) is 89.5 Å². The topological polar surface area (TPSA) is 26.3 Å². The monoisotopic (exact) mass is 433 g/mol. The van der Waals surface area contributed by atoms with Crippen LogP contribution in [0.5, 0.6) is 0 Å². The van der Waals surface area contributed by atoms with Gasteiger partial charge in [0.1, 0.15) is 0 Å². The highest BCUT2D eigenvalue weighted by Crippen LogP contribution is 2.34. The van der Waals surface area contributed by atoms with Crippen molar-refractivity contribution in [3.8, 4) is 0 Å². The summed E-state index contributed by atoms with van der Waals surface area (Å²) >= 11 is 0. The van der Waals surface area contributed by atoms with Crippen molar-refractivity contribution >= 4 is 16.9 Å². The minimum Gasteiger partial charge on any atom is -0.465 e. The van der Waals surface area contributed by atoms with Crippen LogP contribution in [0, 0.1) is 0 Å². The summed E-state index contributed by atoms with van der Waals surface area (Å²) in [7, 11) is 1.15. The van der Waals surface area contributed by atoms with Gasteiger partial charge in [0, 0.05) is 0 Å². The Morgan fingerprint density at radius 1 is 0.613 bits per heavy atom. The van der Waals surface area contributed by atoms with Gasteiger partial charge in [0.05, 0.1) is 23.6 Å². The number of carbonyl (C=O) groups excluding carboxylic acids is 1. The summed E-state index contributed by atoms with van der Waals surface area (Å²) in [5.41, 5.74) is 3.45. The van der Waals surface area contributed by atoms with Gasteiger partial charge >= 0.3 is 5.97 Å². The molecule has 0 aliphatic heterocycles. The summed E-state index contributed by atoms with van der Waals surface area (Å²) in [5, 5.41) is 0. The molecule has 0 fully saturated rings. The third kappa shape index (κ3) is 5.40. The average molecular weight is 434 g/mol. The quantitative estimate of drug-likeness (QED) is 0.322. The zero-order chi connectivity index (χ0) is 22.8. The summed E-state index contributed by atoms with van der Waals surface area (Å²) in [6.07, 6.45) is 0. The molecule has 0 saturated carbocycles. The van der Waals surface area contributed by atoms with Gasteiger partial charge in [0.25, 0.3) is 0 Å². The molecule has 0 heterocycles. The molecule has 0 atom stereocenters. The maximum Gasteiger partial charge on any atom is 0.337 e. The van der Waals surface area contributed by atoms with Crippen molar-refractivity contribution < 1.29 is 9.53 Å². The molecule has 0 spiro atoms. The van der Waals surface area contributed by atoms with Crippen molar-refractivity contribution in [3.63, 3.8) is 0 Å². The number of rotatable bonds is 4. The molecule has 2 nitrogen and oxygen atoms in total. The van der Waals surface area contributed by atoms with E-state index >= 15 is 0 Å². The molecule has 0 aromatic heterocycles. The minimum absolute atomic E-state index is 0.119. The minimum atomic E-state index is -0.310. The van der Waals surface area contributed by atoms with E-state index in [9.17, 15) is 4.79 Å². The van der Waals surface area contributed by atoms with Crippen LogP contribution in [-0.2, 0) is 26.5 Å². The van der Waals surface area contributed by atoms with Crippen LogP contribution in [0.15, 0.2) is 87.5 Å². The number of methoxy groups -OCH3 is 1. The SMILES string of the molecule is COC(=O)c1ccc([S+](c2ccc(C(C)(C)C)cc2)c2ccc(C(C)(C)C)cc2)cc1. The van der Waals surface area contributed by atoms with Crippen molar-refractivity contribution in [2.45, 2.75) is 67.1 Å². The maximum absolute atomic E-state index is 11.9. The molecule has 0 saturated heterocycles. The Morgan fingerprint density at radius 3 is 1.23 bits per heavy atom. The lowest BCUT2D eigenvalue weighted by Gasteiger charge is -2.20. The second-order valence-electron chi connectivity index (χ2n) is 9.87. The van der Waals surface area contributed by atoms with Crippen LogP contribution in [0.2, 0.25) is 0 Å². The number of esters is 1. The van der Waals surface area contributed by atoms with Gasteiger partial charge in [-0.1, -0.05) is 65.8 Å². The Bertz CT molecular complexity index is 961. The van der Waals surface area contributed by atoms with Gasteiger partial charge in [-0.05, 0) is 70.5 Å². The fourth-order valence-corrected chi connectivity index (χ4v) is 5.48. The molecule has 0 unspecified atom stereocenters. The highest BCUT2D eigenvalue weighted by atomic mass is 32.2. The Kier molecular flexibility index (Phi) is 6.66. The Labute approximate surface area is 190 Å². The molecule has 0 radical (unpaired) electrons. The molecule has 0 aliphatic carbocycles. The Hall–Kier alpha value is -2.52. The Morgan fingerprint density at radius 2 is 0.935 bits per heavy atom. The largest absolute Gasteiger partial charge is 0.465 e. The Balaban J connectivity index is 2.07. The van der Waals surface area contributed by atoms with Gasteiger partial charge in [-0.2, -0.15) is 0 Å². The van der Waals surface area contributed by atoms with Crippen molar-refractivity contribution in [2.24, 2.45) is 0 Å². The molecule has 162 valence electrons. The van der Waals surface area contributed by atoms with Crippen LogP contribution in [0.4, 0.5) is 0 Å². The summed E-state index contributed by atoms with van der Waals surface area (Å²) in [4.78, 5) is 15.6.